The molecule has 122 valence electrons. The van der Waals surface area contributed by atoms with Gasteiger partial charge in [0.05, 0.1) is 6.54 Å². The zero-order valence-corrected chi connectivity index (χ0v) is 14.1. The van der Waals surface area contributed by atoms with E-state index in [1.54, 1.807) is 0 Å². The number of guanidine groups is 2. The van der Waals surface area contributed by atoms with Crippen molar-refractivity contribution in [2.45, 2.75) is 32.2 Å². The minimum Gasteiger partial charge on any atom is -0.369 e. The van der Waals surface area contributed by atoms with Gasteiger partial charge in [0.1, 0.15) is 0 Å². The van der Waals surface area contributed by atoms with Crippen LogP contribution in [0.4, 0.5) is 0 Å². The highest BCUT2D eigenvalue weighted by atomic mass is 35.5. The molecule has 5 nitrogen and oxygen atoms in total. The fraction of sp³-hybridized carbons (Fsp3) is 0.467. The summed E-state index contributed by atoms with van der Waals surface area (Å²) in [5.74, 6) is 0.681. The molecule has 0 bridgehead atoms. The van der Waals surface area contributed by atoms with Gasteiger partial charge in [0.15, 0.2) is 5.96 Å². The summed E-state index contributed by atoms with van der Waals surface area (Å²) in [7, 11) is 0. The van der Waals surface area contributed by atoms with E-state index in [4.69, 9.17) is 23.1 Å². The molecule has 1 aromatic rings. The fourth-order valence-corrected chi connectivity index (χ4v) is 2.41. The van der Waals surface area contributed by atoms with Crippen LogP contribution in [-0.4, -0.2) is 29.9 Å². The first kappa shape index (κ1) is 18.6. The summed E-state index contributed by atoms with van der Waals surface area (Å²) in [5, 5.41) is 0.708. The Morgan fingerprint density at radius 3 is 2.23 bits per heavy atom. The van der Waals surface area contributed by atoms with Crippen molar-refractivity contribution in [3.8, 4) is 0 Å². The highest BCUT2D eigenvalue weighted by Crippen LogP contribution is 2.11. The molecule has 0 amide bonds. The van der Waals surface area contributed by atoms with Crippen LogP contribution in [0, 0.1) is 0 Å². The van der Waals surface area contributed by atoms with Gasteiger partial charge in [-0.15, -0.1) is 12.4 Å². The van der Waals surface area contributed by atoms with Crippen LogP contribution in [0.15, 0.2) is 34.3 Å². The topological polar surface area (TPSA) is 80.0 Å². The van der Waals surface area contributed by atoms with Gasteiger partial charge in [-0.05, 0) is 30.5 Å². The van der Waals surface area contributed by atoms with Crippen LogP contribution in [0.2, 0.25) is 5.02 Å². The van der Waals surface area contributed by atoms with Crippen molar-refractivity contribution in [1.29, 1.82) is 0 Å². The van der Waals surface area contributed by atoms with Gasteiger partial charge < -0.3 is 16.4 Å². The highest BCUT2D eigenvalue weighted by Gasteiger charge is 2.11. The van der Waals surface area contributed by atoms with Gasteiger partial charge in [0.2, 0.25) is 5.96 Å². The highest BCUT2D eigenvalue weighted by molar-refractivity contribution is 6.30. The van der Waals surface area contributed by atoms with Crippen molar-refractivity contribution in [3.05, 3.63) is 34.9 Å². The maximum Gasteiger partial charge on any atom is 0.218 e. The molecule has 1 heterocycles. The molecule has 7 heteroatoms. The lowest BCUT2D eigenvalue weighted by molar-refractivity contribution is 0.431. The van der Waals surface area contributed by atoms with Crippen molar-refractivity contribution >= 4 is 35.9 Å². The second-order valence-corrected chi connectivity index (χ2v) is 5.61. The molecule has 4 N–H and O–H groups in total. The third-order valence-corrected chi connectivity index (χ3v) is 3.75. The zero-order valence-electron chi connectivity index (χ0n) is 12.5. The zero-order chi connectivity index (χ0) is 15.1. The Bertz CT molecular complexity index is 505. The summed E-state index contributed by atoms with van der Waals surface area (Å²) in [6.45, 7) is 2.36. The molecule has 0 aromatic heterocycles. The SMILES string of the molecule is Cl.NC(=NCc1ccc(Cl)cc1)N=C(N)N1CCCCCC1. The maximum atomic E-state index is 6.01. The van der Waals surface area contributed by atoms with Gasteiger partial charge in [0, 0.05) is 18.1 Å². The molecular formula is C15H23Cl2N5. The Hall–Kier alpha value is -1.46. The van der Waals surface area contributed by atoms with Crippen LogP contribution in [0.25, 0.3) is 0 Å². The molecule has 0 radical (unpaired) electrons. The van der Waals surface area contributed by atoms with Gasteiger partial charge in [-0.25, -0.2) is 4.99 Å². The van der Waals surface area contributed by atoms with Crippen LogP contribution in [0.3, 0.4) is 0 Å². The Kier molecular flexibility index (Phi) is 8.06. The lowest BCUT2D eigenvalue weighted by Crippen LogP contribution is -2.39. The average molecular weight is 344 g/mol. The van der Waals surface area contributed by atoms with E-state index < -0.39 is 0 Å². The lowest BCUT2D eigenvalue weighted by Gasteiger charge is -2.20. The van der Waals surface area contributed by atoms with Gasteiger partial charge in [-0.1, -0.05) is 36.6 Å². The normalized spacial score (nSPS) is 16.9. The van der Waals surface area contributed by atoms with Crippen LogP contribution in [0.5, 0.6) is 0 Å². The molecule has 0 unspecified atom stereocenters. The van der Waals surface area contributed by atoms with Crippen molar-refractivity contribution in [2.75, 3.05) is 13.1 Å². The van der Waals surface area contributed by atoms with Crippen molar-refractivity contribution < 1.29 is 0 Å². The summed E-state index contributed by atoms with van der Waals surface area (Å²) >= 11 is 5.84. The lowest BCUT2D eigenvalue weighted by atomic mass is 10.2. The van der Waals surface area contributed by atoms with Crippen LogP contribution in [-0.2, 0) is 6.54 Å². The van der Waals surface area contributed by atoms with Crippen molar-refractivity contribution in [2.24, 2.45) is 21.5 Å². The predicted molar refractivity (Wildman–Crippen MR) is 95.7 cm³/mol. The average Bonchev–Trinajstić information content (AvgIpc) is 2.76. The summed E-state index contributed by atoms with van der Waals surface area (Å²) in [5.41, 5.74) is 12.9. The first-order valence-corrected chi connectivity index (χ1v) is 7.66. The molecular weight excluding hydrogens is 321 g/mol. The fourth-order valence-electron chi connectivity index (χ4n) is 2.29. The minimum absolute atomic E-state index is 0. The molecule has 0 aliphatic carbocycles. The van der Waals surface area contributed by atoms with E-state index in [1.807, 2.05) is 24.3 Å². The molecule has 1 aliphatic heterocycles. The molecule has 1 fully saturated rings. The van der Waals surface area contributed by atoms with Crippen LogP contribution >= 0.6 is 24.0 Å². The second kappa shape index (κ2) is 9.54. The number of halogens is 2. The summed E-state index contributed by atoms with van der Waals surface area (Å²) in [6.07, 6.45) is 4.81. The number of hydrogen-bond acceptors (Lipinski definition) is 1. The van der Waals surface area contributed by atoms with Gasteiger partial charge in [-0.2, -0.15) is 4.99 Å². The van der Waals surface area contributed by atoms with Crippen LogP contribution < -0.4 is 11.5 Å². The first-order chi connectivity index (χ1) is 10.1. The number of likely N-dealkylation sites (tertiary alicyclic amines) is 1. The smallest absolute Gasteiger partial charge is 0.218 e. The number of nitrogens with two attached hydrogens (primary N) is 2. The number of aliphatic imine (C=N–C) groups is 2. The maximum absolute atomic E-state index is 6.01. The van der Waals surface area contributed by atoms with Gasteiger partial charge in [0.25, 0.3) is 0 Å². The van der Waals surface area contributed by atoms with E-state index in [0.29, 0.717) is 17.5 Å². The third-order valence-electron chi connectivity index (χ3n) is 3.50. The largest absolute Gasteiger partial charge is 0.369 e. The predicted octanol–water partition coefficient (Wildman–Crippen LogP) is 2.77. The van der Waals surface area contributed by atoms with E-state index in [9.17, 15) is 0 Å². The number of hydrogen-bond donors (Lipinski definition) is 2. The number of nitrogens with zero attached hydrogens (tertiary/aromatic N) is 3. The van der Waals surface area contributed by atoms with Gasteiger partial charge in [-0.3, -0.25) is 0 Å². The molecule has 0 atom stereocenters. The van der Waals surface area contributed by atoms with E-state index in [1.165, 1.54) is 12.8 Å². The van der Waals surface area contributed by atoms with E-state index >= 15 is 0 Å². The Labute approximate surface area is 142 Å². The molecule has 2 rings (SSSR count). The number of rotatable bonds is 2. The third kappa shape index (κ3) is 6.12. The Balaban J connectivity index is 0.00000242. The first-order valence-electron chi connectivity index (χ1n) is 7.28. The molecule has 1 saturated heterocycles. The minimum atomic E-state index is 0. The number of benzene rings is 1. The molecule has 0 saturated carbocycles. The Morgan fingerprint density at radius 1 is 1.05 bits per heavy atom. The van der Waals surface area contributed by atoms with Gasteiger partial charge >= 0.3 is 0 Å². The monoisotopic (exact) mass is 343 g/mol. The summed E-state index contributed by atoms with van der Waals surface area (Å²) < 4.78 is 0. The van der Waals surface area contributed by atoms with Crippen molar-refractivity contribution in [3.63, 3.8) is 0 Å². The van der Waals surface area contributed by atoms with E-state index in [2.05, 4.69) is 14.9 Å². The molecule has 1 aliphatic rings. The van der Waals surface area contributed by atoms with E-state index in [0.717, 1.165) is 31.5 Å². The standard InChI is InChI=1S/C15H22ClN5.ClH/c16-13-7-5-12(6-8-13)11-19-14(17)20-15(18)21-9-3-1-2-4-10-21;/h5-8H,1-4,9-11H2,(H4,17,18,19,20);1H. The van der Waals surface area contributed by atoms with E-state index in [-0.39, 0.29) is 18.4 Å². The molecule has 22 heavy (non-hydrogen) atoms. The summed E-state index contributed by atoms with van der Waals surface area (Å²) in [4.78, 5) is 10.5. The second-order valence-electron chi connectivity index (χ2n) is 5.17. The van der Waals surface area contributed by atoms with Crippen LogP contribution in [0.1, 0.15) is 31.2 Å². The molecule has 1 aromatic carbocycles. The Morgan fingerprint density at radius 2 is 1.64 bits per heavy atom. The van der Waals surface area contributed by atoms with Crippen molar-refractivity contribution in [1.82, 2.24) is 4.90 Å². The molecule has 0 spiro atoms. The summed E-state index contributed by atoms with van der Waals surface area (Å²) in [6, 6.07) is 7.50. The quantitative estimate of drug-likeness (QED) is 0.639.